The van der Waals surface area contributed by atoms with Gasteiger partial charge in [0, 0.05) is 0 Å². The third-order valence-corrected chi connectivity index (χ3v) is 3.52. The average molecular weight is 493 g/mol. The fraction of sp³-hybridized carbons (Fsp3) is 0.538. The number of nitrogens with one attached hydrogen (secondary N) is 1. The van der Waals surface area contributed by atoms with Crippen LogP contribution in [-0.4, -0.2) is 55.8 Å². The molecule has 26 heavy (non-hydrogen) atoms. The second-order valence-corrected chi connectivity index (χ2v) is 7.07. The zero-order valence-electron chi connectivity index (χ0n) is 13.7. The number of aromatic carboxylic acids is 2. The summed E-state index contributed by atoms with van der Waals surface area (Å²) in [5, 5.41) is 23.3. The predicted octanol–water partition coefficient (Wildman–Crippen LogP) is 2.34. The summed E-state index contributed by atoms with van der Waals surface area (Å²) in [7, 11) is 0. The van der Waals surface area contributed by atoms with Gasteiger partial charge >= 0.3 is 24.2 Å². The summed E-state index contributed by atoms with van der Waals surface area (Å²) in [4.78, 5) is 34.1. The monoisotopic (exact) mass is 493 g/mol. The molecule has 0 spiro atoms. The van der Waals surface area contributed by atoms with Gasteiger partial charge in [-0.15, -0.1) is 0 Å². The summed E-state index contributed by atoms with van der Waals surface area (Å²) in [5.74, 6) is -3.42. The summed E-state index contributed by atoms with van der Waals surface area (Å²) < 4.78 is 44.5. The van der Waals surface area contributed by atoms with E-state index in [1.165, 1.54) is 43.4 Å². The lowest BCUT2D eigenvalue weighted by atomic mass is 10.2. The van der Waals surface area contributed by atoms with Crippen molar-refractivity contribution < 1.29 is 42.5 Å². The molecule has 146 valence electrons. The molecule has 1 heterocycles. The molecule has 1 unspecified atom stereocenters. The van der Waals surface area contributed by atoms with E-state index in [9.17, 15) is 27.6 Å². The summed E-state index contributed by atoms with van der Waals surface area (Å²) in [6, 6.07) is -2.55. The van der Waals surface area contributed by atoms with Crippen molar-refractivity contribution in [2.45, 2.75) is 45.1 Å². The molecule has 1 rings (SSSR count). The second-order valence-electron chi connectivity index (χ2n) is 6.05. The van der Waals surface area contributed by atoms with Crippen molar-refractivity contribution in [2.24, 2.45) is 0 Å². The number of alkyl carbamates (subject to hydrolysis) is 1. The number of rotatable bonds is 5. The molecule has 0 aliphatic heterocycles. The average Bonchev–Trinajstić information content (AvgIpc) is 2.71. The number of alkyl halides is 3. The van der Waals surface area contributed by atoms with Crippen LogP contribution in [0.1, 0.15) is 41.6 Å². The van der Waals surface area contributed by atoms with Crippen LogP contribution in [0.25, 0.3) is 0 Å². The van der Waals surface area contributed by atoms with Gasteiger partial charge in [0.05, 0.1) is 6.54 Å². The summed E-state index contributed by atoms with van der Waals surface area (Å²) in [6.07, 6.45) is -6.33. The molecule has 0 radical (unpaired) electrons. The molecule has 0 aliphatic carbocycles. The number of carbonyl (C=O) groups excluding carboxylic acids is 1. The Bertz CT molecular complexity index is 726. The third kappa shape index (κ3) is 5.74. The Balaban J connectivity index is 3.22. The van der Waals surface area contributed by atoms with E-state index in [0.29, 0.717) is 4.68 Å². The van der Waals surface area contributed by atoms with Crippen LogP contribution in [0.3, 0.4) is 0 Å². The first-order valence-corrected chi connectivity index (χ1v) is 8.00. The maximum atomic E-state index is 13.2. The zero-order chi connectivity index (χ0) is 20.4. The van der Waals surface area contributed by atoms with Gasteiger partial charge in [0.2, 0.25) is 0 Å². The lowest BCUT2D eigenvalue weighted by molar-refractivity contribution is -0.158. The van der Waals surface area contributed by atoms with E-state index in [2.05, 4.69) is 5.10 Å². The van der Waals surface area contributed by atoms with Crippen molar-refractivity contribution in [1.29, 1.82) is 0 Å². The van der Waals surface area contributed by atoms with Crippen molar-refractivity contribution in [3.8, 4) is 0 Å². The number of carboxylic acids is 2. The summed E-state index contributed by atoms with van der Waals surface area (Å²) >= 11 is 1.40. The molecule has 0 aliphatic rings. The molecule has 0 saturated carbocycles. The minimum absolute atomic E-state index is 0.300. The molecule has 0 aromatic carbocycles. The van der Waals surface area contributed by atoms with Crippen LogP contribution in [0.4, 0.5) is 18.0 Å². The first kappa shape index (κ1) is 22.0. The Morgan fingerprint density at radius 2 is 1.77 bits per heavy atom. The van der Waals surface area contributed by atoms with Crippen LogP contribution in [0.5, 0.6) is 0 Å². The fourth-order valence-electron chi connectivity index (χ4n) is 1.83. The lowest BCUT2D eigenvalue weighted by Crippen LogP contribution is -2.49. The molecular weight excluding hydrogens is 478 g/mol. The number of carboxylic acid groups (broad SMARTS) is 2. The number of hydrogen-bond acceptors (Lipinski definition) is 5. The van der Waals surface area contributed by atoms with Crippen LogP contribution in [-0.2, 0) is 11.3 Å². The van der Waals surface area contributed by atoms with Gasteiger partial charge < -0.3 is 20.3 Å². The largest absolute Gasteiger partial charge is 0.478 e. The SMILES string of the molecule is CC(C)(C)OC(=O)NC(Cn1nc(I)c(C(=O)O)c1C(=O)O)C(F)(F)F. The van der Waals surface area contributed by atoms with E-state index in [1.807, 2.05) is 0 Å². The molecule has 0 fully saturated rings. The van der Waals surface area contributed by atoms with E-state index in [4.69, 9.17) is 14.9 Å². The highest BCUT2D eigenvalue weighted by Gasteiger charge is 2.43. The first-order chi connectivity index (χ1) is 11.6. The van der Waals surface area contributed by atoms with Gasteiger partial charge in [0.1, 0.15) is 20.9 Å². The number of nitrogens with zero attached hydrogens (tertiary/aromatic N) is 2. The van der Waals surface area contributed by atoms with E-state index < -0.39 is 53.7 Å². The maximum absolute atomic E-state index is 13.2. The molecule has 3 N–H and O–H groups in total. The molecule has 0 saturated heterocycles. The van der Waals surface area contributed by atoms with Gasteiger partial charge in [0.15, 0.2) is 5.69 Å². The Kier molecular flexibility index (Phi) is 6.49. The summed E-state index contributed by atoms with van der Waals surface area (Å²) in [6.45, 7) is 3.21. The first-order valence-electron chi connectivity index (χ1n) is 6.92. The highest BCUT2D eigenvalue weighted by Crippen LogP contribution is 2.24. The smallest absolute Gasteiger partial charge is 0.410 e. The molecular formula is C13H15F3IN3O6. The van der Waals surface area contributed by atoms with Crippen LogP contribution < -0.4 is 5.32 Å². The minimum atomic E-state index is -4.96. The topological polar surface area (TPSA) is 131 Å². The number of aromatic nitrogens is 2. The van der Waals surface area contributed by atoms with E-state index in [-0.39, 0.29) is 3.70 Å². The van der Waals surface area contributed by atoms with E-state index >= 15 is 0 Å². The van der Waals surface area contributed by atoms with Crippen LogP contribution in [0, 0.1) is 3.70 Å². The van der Waals surface area contributed by atoms with Crippen LogP contribution >= 0.6 is 22.6 Å². The fourth-order valence-corrected chi connectivity index (χ4v) is 2.57. The van der Waals surface area contributed by atoms with Gasteiger partial charge in [-0.2, -0.15) is 18.3 Å². The molecule has 13 heteroatoms. The quantitative estimate of drug-likeness (QED) is 0.537. The van der Waals surface area contributed by atoms with E-state index in [1.54, 1.807) is 5.32 Å². The molecule has 9 nitrogen and oxygen atoms in total. The van der Waals surface area contributed by atoms with Crippen molar-refractivity contribution in [2.75, 3.05) is 0 Å². The zero-order valence-corrected chi connectivity index (χ0v) is 15.9. The van der Waals surface area contributed by atoms with Gasteiger partial charge in [-0.1, -0.05) is 0 Å². The van der Waals surface area contributed by atoms with Crippen LogP contribution in [0.2, 0.25) is 0 Å². The minimum Gasteiger partial charge on any atom is -0.478 e. The van der Waals surface area contributed by atoms with Gasteiger partial charge in [-0.25, -0.2) is 14.4 Å². The number of ether oxygens (including phenoxy) is 1. The number of amides is 1. The standard InChI is InChI=1S/C13H15F3IN3O6/c1-12(2,3)26-11(25)18-5(13(14,15)16)4-20-7(10(23)24)6(9(21)22)8(17)19-20/h5H,4H2,1-3H3,(H,18,25)(H,21,22)(H,23,24). The Morgan fingerprint density at radius 3 is 2.15 bits per heavy atom. The molecule has 1 amide bonds. The van der Waals surface area contributed by atoms with Crippen LogP contribution in [0.15, 0.2) is 0 Å². The molecule has 1 aromatic rings. The molecule has 1 aromatic heterocycles. The molecule has 1 atom stereocenters. The highest BCUT2D eigenvalue weighted by atomic mass is 127. The van der Waals surface area contributed by atoms with Crippen molar-refractivity contribution in [3.05, 3.63) is 15.0 Å². The van der Waals surface area contributed by atoms with Crippen molar-refractivity contribution >= 4 is 40.6 Å². The highest BCUT2D eigenvalue weighted by molar-refractivity contribution is 14.1. The third-order valence-electron chi connectivity index (χ3n) is 2.77. The van der Waals surface area contributed by atoms with Gasteiger partial charge in [-0.3, -0.25) is 4.68 Å². The number of halogens is 4. The predicted molar refractivity (Wildman–Crippen MR) is 88.1 cm³/mol. The van der Waals surface area contributed by atoms with E-state index in [0.717, 1.165) is 0 Å². The Labute approximate surface area is 158 Å². The van der Waals surface area contributed by atoms with Gasteiger partial charge in [-0.05, 0) is 43.4 Å². The van der Waals surface area contributed by atoms with Crippen molar-refractivity contribution in [3.63, 3.8) is 0 Å². The second kappa shape index (κ2) is 7.67. The maximum Gasteiger partial charge on any atom is 0.410 e. The Hall–Kier alpha value is -2.06. The number of carbonyl (C=O) groups is 3. The summed E-state index contributed by atoms with van der Waals surface area (Å²) in [5.41, 5.74) is -2.72. The van der Waals surface area contributed by atoms with Gasteiger partial charge in [0.25, 0.3) is 0 Å². The number of hydrogen-bond donors (Lipinski definition) is 3. The lowest BCUT2D eigenvalue weighted by Gasteiger charge is -2.25. The Morgan fingerprint density at radius 1 is 1.23 bits per heavy atom. The van der Waals surface area contributed by atoms with Crippen molar-refractivity contribution in [1.82, 2.24) is 15.1 Å². The molecule has 0 bridgehead atoms. The normalized spacial score (nSPS) is 13.2.